The molecule has 3 nitrogen and oxygen atoms in total. The fourth-order valence-electron chi connectivity index (χ4n) is 1.62. The second-order valence-corrected chi connectivity index (χ2v) is 5.05. The standard InChI is InChI=1S/C13H13IO3/c1-9-13(12(15)11(14)8-16-9)17-7-10-5-3-2-4-6-10/h2-6,8-9,13H,7H2,1H3. The monoisotopic (exact) mass is 344 g/mol. The molecule has 2 rings (SSSR count). The summed E-state index contributed by atoms with van der Waals surface area (Å²) in [6, 6.07) is 9.79. The minimum absolute atomic E-state index is 0.000260. The normalized spacial score (nSPS) is 24.1. The molecule has 1 aliphatic heterocycles. The van der Waals surface area contributed by atoms with Crippen LogP contribution >= 0.6 is 22.6 Å². The van der Waals surface area contributed by atoms with Crippen LogP contribution in [0.25, 0.3) is 0 Å². The first-order valence-electron chi connectivity index (χ1n) is 5.39. The Morgan fingerprint density at radius 2 is 2.06 bits per heavy atom. The lowest BCUT2D eigenvalue weighted by molar-refractivity contribution is -0.137. The fourth-order valence-corrected chi connectivity index (χ4v) is 2.07. The fraction of sp³-hybridized carbons (Fsp3) is 0.308. The highest BCUT2D eigenvalue weighted by Gasteiger charge is 2.32. The number of Topliss-reactive ketones (excluding diaryl/α,β-unsaturated/α-hetero) is 1. The van der Waals surface area contributed by atoms with E-state index in [1.165, 1.54) is 6.26 Å². The molecule has 0 saturated carbocycles. The van der Waals surface area contributed by atoms with Crippen molar-refractivity contribution in [1.82, 2.24) is 0 Å². The summed E-state index contributed by atoms with van der Waals surface area (Å²) in [5.74, 6) is 0.000260. The number of halogens is 1. The Hall–Kier alpha value is -0.880. The first kappa shape index (κ1) is 12.6. The second-order valence-electron chi connectivity index (χ2n) is 3.89. The smallest absolute Gasteiger partial charge is 0.204 e. The molecule has 1 aliphatic rings. The Labute approximate surface area is 114 Å². The van der Waals surface area contributed by atoms with Crippen molar-refractivity contribution in [3.05, 3.63) is 45.7 Å². The van der Waals surface area contributed by atoms with Crippen molar-refractivity contribution in [2.75, 3.05) is 0 Å². The van der Waals surface area contributed by atoms with Gasteiger partial charge >= 0.3 is 0 Å². The Bertz CT molecular complexity index is 428. The molecule has 0 bridgehead atoms. The third kappa shape index (κ3) is 3.07. The quantitative estimate of drug-likeness (QED) is 0.791. The zero-order valence-electron chi connectivity index (χ0n) is 9.43. The molecule has 2 atom stereocenters. The van der Waals surface area contributed by atoms with Crippen LogP contribution in [0.4, 0.5) is 0 Å². The van der Waals surface area contributed by atoms with E-state index in [1.807, 2.05) is 59.8 Å². The summed E-state index contributed by atoms with van der Waals surface area (Å²) in [5, 5.41) is 0. The zero-order valence-corrected chi connectivity index (χ0v) is 11.6. The highest BCUT2D eigenvalue weighted by atomic mass is 127. The molecule has 0 aromatic heterocycles. The summed E-state index contributed by atoms with van der Waals surface area (Å²) in [7, 11) is 0. The average Bonchev–Trinajstić information content (AvgIpc) is 2.35. The molecular formula is C13H13IO3. The number of ether oxygens (including phenoxy) is 2. The molecule has 4 heteroatoms. The van der Waals surface area contributed by atoms with E-state index in [2.05, 4.69) is 0 Å². The first-order valence-corrected chi connectivity index (χ1v) is 6.47. The summed E-state index contributed by atoms with van der Waals surface area (Å²) in [4.78, 5) is 11.9. The molecule has 0 spiro atoms. The molecule has 2 unspecified atom stereocenters. The van der Waals surface area contributed by atoms with Crippen LogP contribution in [-0.4, -0.2) is 18.0 Å². The van der Waals surface area contributed by atoms with Gasteiger partial charge in [-0.25, -0.2) is 0 Å². The first-order chi connectivity index (χ1) is 8.18. The van der Waals surface area contributed by atoms with E-state index in [1.54, 1.807) is 0 Å². The maximum absolute atomic E-state index is 11.9. The Balaban J connectivity index is 1.99. The lowest BCUT2D eigenvalue weighted by Gasteiger charge is -2.26. The van der Waals surface area contributed by atoms with Gasteiger partial charge in [0.15, 0.2) is 6.10 Å². The summed E-state index contributed by atoms with van der Waals surface area (Å²) >= 11 is 1.97. The van der Waals surface area contributed by atoms with E-state index in [4.69, 9.17) is 9.47 Å². The average molecular weight is 344 g/mol. The third-order valence-electron chi connectivity index (χ3n) is 2.58. The minimum Gasteiger partial charge on any atom is -0.494 e. The number of ketones is 1. The SMILES string of the molecule is CC1OC=C(I)C(=O)C1OCc1ccccc1. The van der Waals surface area contributed by atoms with E-state index in [0.29, 0.717) is 10.2 Å². The van der Waals surface area contributed by atoms with Gasteiger partial charge in [-0.3, -0.25) is 4.79 Å². The highest BCUT2D eigenvalue weighted by molar-refractivity contribution is 14.1. The van der Waals surface area contributed by atoms with Crippen LogP contribution in [0.1, 0.15) is 12.5 Å². The summed E-state index contributed by atoms with van der Waals surface area (Å²) in [6.45, 7) is 2.27. The van der Waals surface area contributed by atoms with Gasteiger partial charge in [0.1, 0.15) is 12.4 Å². The molecule has 1 aromatic carbocycles. The van der Waals surface area contributed by atoms with Gasteiger partial charge in [-0.05, 0) is 35.1 Å². The highest BCUT2D eigenvalue weighted by Crippen LogP contribution is 2.22. The number of carbonyl (C=O) groups is 1. The topological polar surface area (TPSA) is 35.5 Å². The number of hydrogen-bond donors (Lipinski definition) is 0. The van der Waals surface area contributed by atoms with E-state index < -0.39 is 6.10 Å². The van der Waals surface area contributed by atoms with Gasteiger partial charge in [0, 0.05) is 0 Å². The van der Waals surface area contributed by atoms with Crippen molar-refractivity contribution in [2.45, 2.75) is 25.7 Å². The number of hydrogen-bond acceptors (Lipinski definition) is 3. The predicted molar refractivity (Wildman–Crippen MR) is 72.7 cm³/mol. The third-order valence-corrected chi connectivity index (χ3v) is 3.36. The van der Waals surface area contributed by atoms with Crippen LogP contribution in [0.3, 0.4) is 0 Å². The number of carbonyl (C=O) groups excluding carboxylic acids is 1. The molecule has 0 fully saturated rings. The van der Waals surface area contributed by atoms with Gasteiger partial charge in [-0.15, -0.1) is 0 Å². The van der Waals surface area contributed by atoms with Crippen molar-refractivity contribution in [2.24, 2.45) is 0 Å². The van der Waals surface area contributed by atoms with Crippen molar-refractivity contribution >= 4 is 28.4 Å². The van der Waals surface area contributed by atoms with Crippen molar-refractivity contribution in [1.29, 1.82) is 0 Å². The molecule has 0 N–H and O–H groups in total. The molecule has 0 amide bonds. The lowest BCUT2D eigenvalue weighted by Crippen LogP contribution is -2.38. The van der Waals surface area contributed by atoms with Crippen molar-refractivity contribution < 1.29 is 14.3 Å². The Morgan fingerprint density at radius 1 is 1.35 bits per heavy atom. The van der Waals surface area contributed by atoms with Gasteiger partial charge in [0.25, 0.3) is 0 Å². The second kappa shape index (κ2) is 5.64. The molecule has 17 heavy (non-hydrogen) atoms. The Kier molecular flexibility index (Phi) is 4.17. The molecule has 0 radical (unpaired) electrons. The van der Waals surface area contributed by atoms with Gasteiger partial charge < -0.3 is 9.47 Å². The maximum Gasteiger partial charge on any atom is 0.204 e. The van der Waals surface area contributed by atoms with Crippen molar-refractivity contribution in [3.63, 3.8) is 0 Å². The lowest BCUT2D eigenvalue weighted by atomic mass is 10.1. The molecule has 0 aliphatic carbocycles. The van der Waals surface area contributed by atoms with Gasteiger partial charge in [0.2, 0.25) is 5.78 Å². The minimum atomic E-state index is -0.507. The predicted octanol–water partition coefficient (Wildman–Crippen LogP) is 2.84. The summed E-state index contributed by atoms with van der Waals surface area (Å²) < 4.78 is 11.6. The summed E-state index contributed by atoms with van der Waals surface area (Å²) in [5.41, 5.74) is 1.05. The van der Waals surface area contributed by atoms with E-state index in [0.717, 1.165) is 5.56 Å². The van der Waals surface area contributed by atoms with Crippen LogP contribution in [0.15, 0.2) is 40.2 Å². The maximum atomic E-state index is 11.9. The largest absolute Gasteiger partial charge is 0.494 e. The molecule has 1 heterocycles. The Morgan fingerprint density at radius 3 is 2.76 bits per heavy atom. The van der Waals surface area contributed by atoms with Gasteiger partial charge in [-0.2, -0.15) is 0 Å². The summed E-state index contributed by atoms with van der Waals surface area (Å²) in [6.07, 6.45) is 0.757. The van der Waals surface area contributed by atoms with E-state index in [9.17, 15) is 4.79 Å². The van der Waals surface area contributed by atoms with E-state index in [-0.39, 0.29) is 11.9 Å². The van der Waals surface area contributed by atoms with Crippen molar-refractivity contribution in [3.8, 4) is 0 Å². The van der Waals surface area contributed by atoms with E-state index >= 15 is 0 Å². The number of benzene rings is 1. The van der Waals surface area contributed by atoms with Gasteiger partial charge in [0.05, 0.1) is 10.2 Å². The van der Waals surface area contributed by atoms with Crippen LogP contribution in [-0.2, 0) is 20.9 Å². The number of rotatable bonds is 3. The molecular weight excluding hydrogens is 331 g/mol. The molecule has 90 valence electrons. The zero-order chi connectivity index (χ0) is 12.3. The van der Waals surface area contributed by atoms with Crippen LogP contribution in [0.5, 0.6) is 0 Å². The van der Waals surface area contributed by atoms with Gasteiger partial charge in [-0.1, -0.05) is 30.3 Å². The molecule has 1 aromatic rings. The van der Waals surface area contributed by atoms with Crippen LogP contribution < -0.4 is 0 Å². The molecule has 0 saturated heterocycles. The van der Waals surface area contributed by atoms with Crippen LogP contribution in [0.2, 0.25) is 0 Å². The van der Waals surface area contributed by atoms with Crippen LogP contribution in [0, 0.1) is 0 Å².